The number of H-pyrrole nitrogens is 1. The van der Waals surface area contributed by atoms with E-state index in [0.29, 0.717) is 25.2 Å². The number of aromatic nitrogens is 1. The minimum atomic E-state index is -3.47. The first-order valence-corrected chi connectivity index (χ1v) is 7.92. The Morgan fingerprint density at radius 1 is 1.30 bits per heavy atom. The van der Waals surface area contributed by atoms with Crippen LogP contribution in [-0.4, -0.2) is 19.9 Å². The molecule has 0 atom stereocenters. The summed E-state index contributed by atoms with van der Waals surface area (Å²) in [4.78, 5) is 3.06. The summed E-state index contributed by atoms with van der Waals surface area (Å²) in [5, 5.41) is 0. The summed E-state index contributed by atoms with van der Waals surface area (Å²) in [5.41, 5.74) is 8.43. The Bertz CT molecular complexity index is 677. The third kappa shape index (κ3) is 3.69. The van der Waals surface area contributed by atoms with Gasteiger partial charge in [-0.2, -0.15) is 0 Å². The van der Waals surface area contributed by atoms with Crippen LogP contribution >= 0.6 is 0 Å². The van der Waals surface area contributed by atoms with Gasteiger partial charge in [0.15, 0.2) is 0 Å². The fourth-order valence-electron chi connectivity index (χ4n) is 1.97. The average molecular weight is 293 g/mol. The third-order valence-corrected chi connectivity index (χ3v) is 4.48. The van der Waals surface area contributed by atoms with Crippen LogP contribution < -0.4 is 10.5 Å². The topological polar surface area (TPSA) is 88.0 Å². The lowest BCUT2D eigenvalue weighted by molar-refractivity contribution is 0.582. The molecule has 0 aliphatic carbocycles. The van der Waals surface area contributed by atoms with E-state index in [2.05, 4.69) is 15.8 Å². The molecule has 0 unspecified atom stereocenters. The SMILES string of the molecule is Cc1cccc(CCNS(=O)(=O)c2c[nH]c(CN)c2)c1. The van der Waals surface area contributed by atoms with E-state index in [1.54, 1.807) is 6.07 Å². The standard InChI is InChI=1S/C14H19N3O2S/c1-11-3-2-4-12(7-11)5-6-17-20(18,19)14-8-13(9-15)16-10-14/h2-4,7-8,10,16-17H,5-6,9,15H2,1H3. The highest BCUT2D eigenvalue weighted by molar-refractivity contribution is 7.89. The number of hydrogen-bond acceptors (Lipinski definition) is 3. The molecule has 0 saturated heterocycles. The van der Waals surface area contributed by atoms with Gasteiger partial charge in [-0.05, 0) is 25.0 Å². The maximum atomic E-state index is 12.0. The zero-order valence-corrected chi connectivity index (χ0v) is 12.2. The molecule has 4 N–H and O–H groups in total. The number of nitrogens with one attached hydrogen (secondary N) is 2. The van der Waals surface area contributed by atoms with Gasteiger partial charge in [0.1, 0.15) is 0 Å². The van der Waals surface area contributed by atoms with Crippen LogP contribution in [0.25, 0.3) is 0 Å². The second-order valence-electron chi connectivity index (χ2n) is 4.70. The van der Waals surface area contributed by atoms with Crippen molar-refractivity contribution >= 4 is 10.0 Å². The molecule has 5 nitrogen and oxygen atoms in total. The lowest BCUT2D eigenvalue weighted by Crippen LogP contribution is -2.25. The summed E-state index contributed by atoms with van der Waals surface area (Å²) in [6.07, 6.45) is 2.12. The van der Waals surface area contributed by atoms with Gasteiger partial charge in [0.05, 0.1) is 4.90 Å². The monoisotopic (exact) mass is 293 g/mol. The van der Waals surface area contributed by atoms with Gasteiger partial charge in [-0.15, -0.1) is 0 Å². The molecule has 0 bridgehead atoms. The van der Waals surface area contributed by atoms with Crippen molar-refractivity contribution in [3.63, 3.8) is 0 Å². The summed E-state index contributed by atoms with van der Waals surface area (Å²) in [6.45, 7) is 2.68. The third-order valence-electron chi connectivity index (χ3n) is 3.03. The molecule has 0 aliphatic rings. The number of aryl methyl sites for hydroxylation is 1. The number of benzene rings is 1. The van der Waals surface area contributed by atoms with Gasteiger partial charge >= 0.3 is 0 Å². The van der Waals surface area contributed by atoms with Crippen LogP contribution in [-0.2, 0) is 23.0 Å². The molecule has 0 amide bonds. The van der Waals surface area contributed by atoms with Crippen LogP contribution in [0.3, 0.4) is 0 Å². The van der Waals surface area contributed by atoms with Crippen molar-refractivity contribution in [3.8, 4) is 0 Å². The molecular weight excluding hydrogens is 274 g/mol. The summed E-state index contributed by atoms with van der Waals surface area (Å²) >= 11 is 0. The molecule has 0 radical (unpaired) electrons. The van der Waals surface area contributed by atoms with Crippen molar-refractivity contribution in [2.24, 2.45) is 5.73 Å². The number of nitrogens with two attached hydrogens (primary N) is 1. The highest BCUT2D eigenvalue weighted by Gasteiger charge is 2.14. The number of sulfonamides is 1. The molecule has 2 rings (SSSR count). The second kappa shape index (κ2) is 6.21. The van der Waals surface area contributed by atoms with Crippen molar-refractivity contribution in [2.75, 3.05) is 6.54 Å². The van der Waals surface area contributed by atoms with E-state index in [4.69, 9.17) is 5.73 Å². The van der Waals surface area contributed by atoms with Crippen LogP contribution in [0, 0.1) is 6.92 Å². The molecule has 1 aromatic heterocycles. The molecule has 1 heterocycles. The molecule has 0 spiro atoms. The second-order valence-corrected chi connectivity index (χ2v) is 6.47. The van der Waals surface area contributed by atoms with E-state index >= 15 is 0 Å². The smallest absolute Gasteiger partial charge is 0.242 e. The molecular formula is C14H19N3O2S. The summed E-state index contributed by atoms with van der Waals surface area (Å²) in [6, 6.07) is 9.58. The summed E-state index contributed by atoms with van der Waals surface area (Å²) in [7, 11) is -3.47. The Hall–Kier alpha value is -1.63. The molecule has 6 heteroatoms. The number of hydrogen-bond donors (Lipinski definition) is 3. The van der Waals surface area contributed by atoms with E-state index in [9.17, 15) is 8.42 Å². The predicted molar refractivity (Wildman–Crippen MR) is 78.8 cm³/mol. The average Bonchev–Trinajstić information content (AvgIpc) is 2.88. The first-order chi connectivity index (χ1) is 9.51. The van der Waals surface area contributed by atoms with Crippen molar-refractivity contribution in [2.45, 2.75) is 24.8 Å². The van der Waals surface area contributed by atoms with Gasteiger partial charge in [-0.1, -0.05) is 29.8 Å². The maximum Gasteiger partial charge on any atom is 0.242 e. The minimum absolute atomic E-state index is 0.224. The Balaban J connectivity index is 1.96. The Morgan fingerprint density at radius 2 is 2.10 bits per heavy atom. The number of rotatable bonds is 6. The van der Waals surface area contributed by atoms with Gasteiger partial charge < -0.3 is 10.7 Å². The van der Waals surface area contributed by atoms with Crippen LogP contribution in [0.4, 0.5) is 0 Å². The summed E-state index contributed by atoms with van der Waals surface area (Å²) < 4.78 is 26.7. The molecule has 20 heavy (non-hydrogen) atoms. The number of aromatic amines is 1. The highest BCUT2D eigenvalue weighted by atomic mass is 32.2. The van der Waals surface area contributed by atoms with E-state index < -0.39 is 10.0 Å². The largest absolute Gasteiger partial charge is 0.363 e. The van der Waals surface area contributed by atoms with E-state index in [0.717, 1.165) is 5.56 Å². The molecule has 0 fully saturated rings. The van der Waals surface area contributed by atoms with Crippen molar-refractivity contribution in [1.29, 1.82) is 0 Å². The van der Waals surface area contributed by atoms with Gasteiger partial charge in [0.25, 0.3) is 0 Å². The fraction of sp³-hybridized carbons (Fsp3) is 0.286. The highest BCUT2D eigenvalue weighted by Crippen LogP contribution is 2.10. The van der Waals surface area contributed by atoms with Crippen LogP contribution in [0.1, 0.15) is 16.8 Å². The van der Waals surface area contributed by atoms with Crippen molar-refractivity contribution in [3.05, 3.63) is 53.3 Å². The Labute approximate surface area is 119 Å². The quantitative estimate of drug-likeness (QED) is 0.750. The zero-order valence-electron chi connectivity index (χ0n) is 11.4. The minimum Gasteiger partial charge on any atom is -0.363 e. The van der Waals surface area contributed by atoms with Gasteiger partial charge in [0.2, 0.25) is 10.0 Å². The van der Waals surface area contributed by atoms with Crippen LogP contribution in [0.15, 0.2) is 41.4 Å². The molecule has 1 aromatic carbocycles. The normalized spacial score (nSPS) is 11.7. The lowest BCUT2D eigenvalue weighted by Gasteiger charge is -2.05. The van der Waals surface area contributed by atoms with Crippen LogP contribution in [0.2, 0.25) is 0 Å². The maximum absolute atomic E-state index is 12.0. The molecule has 0 aliphatic heterocycles. The lowest BCUT2D eigenvalue weighted by atomic mass is 10.1. The molecule has 0 saturated carbocycles. The molecule has 2 aromatic rings. The first kappa shape index (κ1) is 14.8. The Morgan fingerprint density at radius 3 is 2.75 bits per heavy atom. The van der Waals surface area contributed by atoms with E-state index in [1.807, 2.05) is 25.1 Å². The van der Waals surface area contributed by atoms with Crippen molar-refractivity contribution < 1.29 is 8.42 Å². The van der Waals surface area contributed by atoms with Crippen molar-refractivity contribution in [1.82, 2.24) is 9.71 Å². The van der Waals surface area contributed by atoms with E-state index in [1.165, 1.54) is 11.8 Å². The van der Waals surface area contributed by atoms with Gasteiger partial charge in [-0.3, -0.25) is 0 Å². The molecule has 108 valence electrons. The van der Waals surface area contributed by atoms with Gasteiger partial charge in [0, 0.05) is 25.0 Å². The first-order valence-electron chi connectivity index (χ1n) is 6.44. The van der Waals surface area contributed by atoms with E-state index in [-0.39, 0.29) is 4.90 Å². The summed E-state index contributed by atoms with van der Waals surface area (Å²) in [5.74, 6) is 0. The van der Waals surface area contributed by atoms with Crippen LogP contribution in [0.5, 0.6) is 0 Å². The predicted octanol–water partition coefficient (Wildman–Crippen LogP) is 1.30. The zero-order chi connectivity index (χ0) is 14.6. The van der Waals surface area contributed by atoms with Gasteiger partial charge in [-0.25, -0.2) is 13.1 Å². The Kier molecular flexibility index (Phi) is 4.59. The fourth-order valence-corrected chi connectivity index (χ4v) is 3.02.